The molecule has 0 fully saturated rings. The van der Waals surface area contributed by atoms with E-state index in [2.05, 4.69) is 15.9 Å². The summed E-state index contributed by atoms with van der Waals surface area (Å²) in [4.78, 5) is 13.3. The Bertz CT molecular complexity index is 527. The molecule has 0 aromatic carbocycles. The van der Waals surface area contributed by atoms with Crippen LogP contribution in [-0.2, 0) is 47.4 Å². The van der Waals surface area contributed by atoms with Crippen molar-refractivity contribution in [3.63, 3.8) is 0 Å². The molecular formula is C26H52BrNO11. The lowest BCUT2D eigenvalue weighted by molar-refractivity contribution is -0.0251. The summed E-state index contributed by atoms with van der Waals surface area (Å²) in [5.74, 6) is 0. The smallest absolute Gasteiger partial charge is 0.410 e. The van der Waals surface area contributed by atoms with Crippen LogP contribution >= 0.6 is 15.9 Å². The van der Waals surface area contributed by atoms with Crippen LogP contribution in [0.25, 0.3) is 0 Å². The third kappa shape index (κ3) is 31.8. The number of likely N-dealkylation sites (N-methyl/N-ethyl adjacent to an activating group) is 1. The highest BCUT2D eigenvalue weighted by Crippen LogP contribution is 2.08. The Morgan fingerprint density at radius 2 is 0.769 bits per heavy atom. The van der Waals surface area contributed by atoms with Crippen LogP contribution in [0.5, 0.6) is 0 Å². The van der Waals surface area contributed by atoms with Crippen LogP contribution in [0.4, 0.5) is 4.79 Å². The molecule has 13 heteroatoms. The average Bonchev–Trinajstić information content (AvgIpc) is 2.89. The van der Waals surface area contributed by atoms with E-state index in [1.807, 2.05) is 20.8 Å². The fourth-order valence-electron chi connectivity index (χ4n) is 2.55. The zero-order valence-corrected chi connectivity index (χ0v) is 26.0. The standard InChI is InChI=1S/C26H52BrNO11/c1-26(2,3)39-25(29)28(4)6-8-31-10-12-33-14-16-35-18-20-37-22-24-38-23-21-36-19-17-34-15-13-32-11-9-30-7-5-27/h5-24H2,1-4H3. The Morgan fingerprint density at radius 3 is 1.03 bits per heavy atom. The largest absolute Gasteiger partial charge is 0.444 e. The molecule has 0 rings (SSSR count). The number of halogens is 1. The number of hydrogen-bond donors (Lipinski definition) is 0. The van der Waals surface area contributed by atoms with Crippen molar-refractivity contribution in [2.24, 2.45) is 0 Å². The van der Waals surface area contributed by atoms with Crippen molar-refractivity contribution >= 4 is 22.0 Å². The minimum atomic E-state index is -0.505. The Kier molecular flexibility index (Phi) is 28.4. The molecule has 0 aliphatic rings. The SMILES string of the molecule is CN(CCOCCOCCOCCOCCOCCOCCOCCOCCOCCBr)C(=O)OC(C)(C)C. The van der Waals surface area contributed by atoms with Crippen molar-refractivity contribution in [2.75, 3.05) is 138 Å². The number of carbonyl (C=O) groups excluding carboxylic acids is 1. The second-order valence-corrected chi connectivity index (χ2v) is 9.90. The van der Waals surface area contributed by atoms with Crippen LogP contribution in [0.1, 0.15) is 20.8 Å². The van der Waals surface area contributed by atoms with Crippen LogP contribution in [0.15, 0.2) is 0 Å². The quantitative estimate of drug-likeness (QED) is 0.0894. The first kappa shape index (κ1) is 38.4. The van der Waals surface area contributed by atoms with E-state index >= 15 is 0 Å². The normalized spacial score (nSPS) is 11.7. The topological polar surface area (TPSA) is 113 Å². The molecule has 0 saturated carbocycles. The molecule has 0 spiro atoms. The summed E-state index contributed by atoms with van der Waals surface area (Å²) in [6.07, 6.45) is -0.361. The average molecular weight is 635 g/mol. The van der Waals surface area contributed by atoms with E-state index in [1.54, 1.807) is 7.05 Å². The van der Waals surface area contributed by atoms with Crippen LogP contribution in [-0.4, -0.2) is 154 Å². The van der Waals surface area contributed by atoms with Gasteiger partial charge in [-0.05, 0) is 20.8 Å². The van der Waals surface area contributed by atoms with E-state index in [0.717, 1.165) is 5.33 Å². The molecule has 0 radical (unpaired) electrons. The van der Waals surface area contributed by atoms with Gasteiger partial charge in [0.25, 0.3) is 0 Å². The maximum atomic E-state index is 11.8. The van der Waals surface area contributed by atoms with E-state index in [9.17, 15) is 4.79 Å². The zero-order valence-electron chi connectivity index (χ0n) is 24.5. The molecule has 0 heterocycles. The third-order valence-corrected chi connectivity index (χ3v) is 4.80. The highest BCUT2D eigenvalue weighted by atomic mass is 79.9. The van der Waals surface area contributed by atoms with Gasteiger partial charge >= 0.3 is 6.09 Å². The Labute approximate surface area is 243 Å². The molecular weight excluding hydrogens is 582 g/mol. The van der Waals surface area contributed by atoms with E-state index in [-0.39, 0.29) is 6.09 Å². The van der Waals surface area contributed by atoms with E-state index in [0.29, 0.717) is 125 Å². The molecule has 234 valence electrons. The van der Waals surface area contributed by atoms with Gasteiger partial charge in [-0.25, -0.2) is 4.79 Å². The number of alkyl halides is 1. The van der Waals surface area contributed by atoms with E-state index < -0.39 is 5.60 Å². The number of amides is 1. The van der Waals surface area contributed by atoms with Crippen LogP contribution < -0.4 is 0 Å². The fraction of sp³-hybridized carbons (Fsp3) is 0.962. The van der Waals surface area contributed by atoms with Crippen molar-refractivity contribution in [3.05, 3.63) is 0 Å². The Morgan fingerprint density at radius 1 is 0.513 bits per heavy atom. The van der Waals surface area contributed by atoms with Crippen molar-refractivity contribution < 1.29 is 52.2 Å². The summed E-state index contributed by atoms with van der Waals surface area (Å²) in [6, 6.07) is 0. The maximum absolute atomic E-state index is 11.8. The van der Waals surface area contributed by atoms with Gasteiger partial charge in [-0.2, -0.15) is 0 Å². The number of nitrogens with zero attached hydrogens (tertiary/aromatic N) is 1. The lowest BCUT2D eigenvalue weighted by Crippen LogP contribution is -2.36. The van der Waals surface area contributed by atoms with Gasteiger partial charge in [0.2, 0.25) is 0 Å². The van der Waals surface area contributed by atoms with Crippen molar-refractivity contribution in [3.8, 4) is 0 Å². The summed E-state index contributed by atoms with van der Waals surface area (Å²) in [7, 11) is 1.68. The number of rotatable bonds is 29. The molecule has 1 amide bonds. The van der Waals surface area contributed by atoms with Gasteiger partial charge in [0.1, 0.15) is 5.60 Å². The summed E-state index contributed by atoms with van der Waals surface area (Å²) in [5, 5.41) is 0.836. The van der Waals surface area contributed by atoms with Gasteiger partial charge in [-0.1, -0.05) is 15.9 Å². The van der Waals surface area contributed by atoms with Crippen LogP contribution in [0.2, 0.25) is 0 Å². The first-order valence-electron chi connectivity index (χ1n) is 13.6. The summed E-state index contributed by atoms with van der Waals surface area (Å²) in [6.45, 7) is 15.3. The highest BCUT2D eigenvalue weighted by Gasteiger charge is 2.19. The molecule has 39 heavy (non-hydrogen) atoms. The molecule has 0 atom stereocenters. The minimum Gasteiger partial charge on any atom is -0.444 e. The summed E-state index contributed by atoms with van der Waals surface area (Å²) in [5.41, 5.74) is -0.505. The maximum Gasteiger partial charge on any atom is 0.410 e. The minimum absolute atomic E-state index is 0.361. The van der Waals surface area contributed by atoms with Gasteiger partial charge in [0, 0.05) is 18.9 Å². The molecule has 0 saturated heterocycles. The van der Waals surface area contributed by atoms with Gasteiger partial charge in [0.05, 0.1) is 119 Å². The predicted molar refractivity (Wildman–Crippen MR) is 150 cm³/mol. The van der Waals surface area contributed by atoms with Crippen molar-refractivity contribution in [2.45, 2.75) is 26.4 Å². The van der Waals surface area contributed by atoms with Crippen molar-refractivity contribution in [1.29, 1.82) is 0 Å². The van der Waals surface area contributed by atoms with Gasteiger partial charge < -0.3 is 52.3 Å². The summed E-state index contributed by atoms with van der Waals surface area (Å²) >= 11 is 3.30. The molecule has 0 bridgehead atoms. The van der Waals surface area contributed by atoms with E-state index in [1.165, 1.54) is 4.90 Å². The fourth-order valence-corrected chi connectivity index (χ4v) is 2.78. The predicted octanol–water partition coefficient (Wildman–Crippen LogP) is 2.40. The van der Waals surface area contributed by atoms with Crippen LogP contribution in [0.3, 0.4) is 0 Å². The molecule has 0 unspecified atom stereocenters. The number of ether oxygens (including phenoxy) is 10. The van der Waals surface area contributed by atoms with Crippen LogP contribution in [0, 0.1) is 0 Å². The lowest BCUT2D eigenvalue weighted by Gasteiger charge is -2.24. The first-order valence-corrected chi connectivity index (χ1v) is 14.7. The zero-order chi connectivity index (χ0) is 28.9. The number of hydrogen-bond acceptors (Lipinski definition) is 11. The molecule has 0 aromatic rings. The number of carbonyl (C=O) groups is 1. The first-order chi connectivity index (χ1) is 18.9. The van der Waals surface area contributed by atoms with Crippen molar-refractivity contribution in [1.82, 2.24) is 4.90 Å². The Hall–Kier alpha value is -0.610. The van der Waals surface area contributed by atoms with Gasteiger partial charge in [0.15, 0.2) is 0 Å². The lowest BCUT2D eigenvalue weighted by atomic mass is 10.2. The molecule has 0 aliphatic carbocycles. The Balaban J connectivity index is 3.16. The summed E-state index contributed by atoms with van der Waals surface area (Å²) < 4.78 is 54.1. The van der Waals surface area contributed by atoms with E-state index in [4.69, 9.17) is 47.4 Å². The monoisotopic (exact) mass is 633 g/mol. The van der Waals surface area contributed by atoms with Gasteiger partial charge in [-0.3, -0.25) is 0 Å². The highest BCUT2D eigenvalue weighted by molar-refractivity contribution is 9.09. The third-order valence-electron chi connectivity index (χ3n) is 4.47. The molecule has 0 aliphatic heterocycles. The second kappa shape index (κ2) is 28.9. The second-order valence-electron chi connectivity index (χ2n) is 9.10. The van der Waals surface area contributed by atoms with Gasteiger partial charge in [-0.15, -0.1) is 0 Å². The molecule has 0 aromatic heterocycles. The molecule has 12 nitrogen and oxygen atoms in total. The molecule has 0 N–H and O–H groups in total.